The molecule has 126 valence electrons. The van der Waals surface area contributed by atoms with E-state index >= 15 is 0 Å². The summed E-state index contributed by atoms with van der Waals surface area (Å²) < 4.78 is 5.45. The van der Waals surface area contributed by atoms with Gasteiger partial charge in [0, 0.05) is 37.6 Å². The molecule has 0 saturated carbocycles. The number of thiol groups is 1. The Morgan fingerprint density at radius 1 is 1.09 bits per heavy atom. The maximum Gasteiger partial charge on any atom is 0.260 e. The average molecular weight is 377 g/mol. The summed E-state index contributed by atoms with van der Waals surface area (Å²) in [4.78, 5) is 27.4. The molecule has 1 aliphatic rings. The Kier molecular flexibility index (Phi) is 6.87. The van der Waals surface area contributed by atoms with Crippen LogP contribution in [-0.2, 0) is 9.59 Å². The van der Waals surface area contributed by atoms with Gasteiger partial charge in [0.1, 0.15) is 5.75 Å². The van der Waals surface area contributed by atoms with Crippen molar-refractivity contribution in [3.63, 3.8) is 0 Å². The molecule has 0 aliphatic carbocycles. The van der Waals surface area contributed by atoms with Gasteiger partial charge in [-0.3, -0.25) is 9.59 Å². The van der Waals surface area contributed by atoms with Crippen molar-refractivity contribution in [2.75, 3.05) is 38.5 Å². The van der Waals surface area contributed by atoms with Crippen molar-refractivity contribution >= 4 is 47.6 Å². The van der Waals surface area contributed by atoms with Crippen LogP contribution in [0.2, 0.25) is 10.0 Å². The number of hydrogen-bond acceptors (Lipinski definition) is 4. The van der Waals surface area contributed by atoms with Gasteiger partial charge >= 0.3 is 0 Å². The van der Waals surface area contributed by atoms with Gasteiger partial charge < -0.3 is 14.5 Å². The van der Waals surface area contributed by atoms with Crippen LogP contribution in [0, 0.1) is 0 Å². The molecule has 1 aromatic carbocycles. The minimum atomic E-state index is -0.127. The molecule has 2 rings (SSSR count). The molecule has 23 heavy (non-hydrogen) atoms. The van der Waals surface area contributed by atoms with E-state index in [1.807, 2.05) is 0 Å². The van der Waals surface area contributed by atoms with Gasteiger partial charge in [0.05, 0.1) is 5.02 Å². The predicted molar refractivity (Wildman–Crippen MR) is 93.6 cm³/mol. The number of carbonyl (C=O) groups is 2. The van der Waals surface area contributed by atoms with E-state index in [1.54, 1.807) is 28.0 Å². The van der Waals surface area contributed by atoms with E-state index in [2.05, 4.69) is 12.6 Å². The lowest BCUT2D eigenvalue weighted by Crippen LogP contribution is -2.51. The first-order chi connectivity index (χ1) is 11.0. The van der Waals surface area contributed by atoms with Crippen LogP contribution in [0.5, 0.6) is 5.75 Å². The van der Waals surface area contributed by atoms with E-state index in [-0.39, 0.29) is 18.4 Å². The fraction of sp³-hybridized carbons (Fsp3) is 0.467. The Balaban J connectivity index is 1.80. The quantitative estimate of drug-likeness (QED) is 0.802. The van der Waals surface area contributed by atoms with Crippen LogP contribution in [0.4, 0.5) is 0 Å². The summed E-state index contributed by atoms with van der Waals surface area (Å²) in [5.74, 6) is 0.911. The molecule has 1 saturated heterocycles. The highest BCUT2D eigenvalue weighted by molar-refractivity contribution is 7.80. The van der Waals surface area contributed by atoms with Gasteiger partial charge in [0.15, 0.2) is 6.61 Å². The van der Waals surface area contributed by atoms with Crippen molar-refractivity contribution in [1.29, 1.82) is 0 Å². The van der Waals surface area contributed by atoms with Crippen LogP contribution < -0.4 is 4.74 Å². The zero-order valence-corrected chi connectivity index (χ0v) is 14.9. The Bertz CT molecular complexity index is 578. The van der Waals surface area contributed by atoms with Crippen molar-refractivity contribution in [2.45, 2.75) is 6.42 Å². The molecule has 0 atom stereocenters. The lowest BCUT2D eigenvalue weighted by Gasteiger charge is -2.34. The first-order valence-electron chi connectivity index (χ1n) is 7.25. The number of amides is 2. The predicted octanol–water partition coefficient (Wildman–Crippen LogP) is 2.36. The van der Waals surface area contributed by atoms with E-state index in [9.17, 15) is 9.59 Å². The normalized spacial score (nSPS) is 14.7. The highest BCUT2D eigenvalue weighted by atomic mass is 35.5. The van der Waals surface area contributed by atoms with E-state index in [1.165, 1.54) is 0 Å². The smallest absolute Gasteiger partial charge is 0.260 e. The summed E-state index contributed by atoms with van der Waals surface area (Å²) in [5.41, 5.74) is 0. The molecule has 1 heterocycles. The zero-order valence-electron chi connectivity index (χ0n) is 12.5. The highest BCUT2D eigenvalue weighted by Gasteiger charge is 2.24. The zero-order chi connectivity index (χ0) is 16.8. The number of rotatable bonds is 5. The van der Waals surface area contributed by atoms with Gasteiger partial charge in [-0.1, -0.05) is 23.2 Å². The molecule has 2 amide bonds. The van der Waals surface area contributed by atoms with Gasteiger partial charge in [0.25, 0.3) is 5.91 Å². The molecule has 1 aromatic rings. The van der Waals surface area contributed by atoms with Gasteiger partial charge in [-0.2, -0.15) is 12.6 Å². The van der Waals surface area contributed by atoms with Crippen LogP contribution in [0.25, 0.3) is 0 Å². The summed E-state index contributed by atoms with van der Waals surface area (Å²) in [6, 6.07) is 4.85. The minimum absolute atomic E-state index is 0.0799. The molecule has 5 nitrogen and oxygen atoms in total. The minimum Gasteiger partial charge on any atom is -0.482 e. The Morgan fingerprint density at radius 3 is 2.26 bits per heavy atom. The first-order valence-corrected chi connectivity index (χ1v) is 8.64. The summed E-state index contributed by atoms with van der Waals surface area (Å²) in [6.07, 6.45) is 0.426. The molecular weight excluding hydrogens is 359 g/mol. The number of nitrogens with zero attached hydrogens (tertiary/aromatic N) is 2. The van der Waals surface area contributed by atoms with E-state index in [4.69, 9.17) is 27.9 Å². The summed E-state index contributed by atoms with van der Waals surface area (Å²) in [5, 5.41) is 0.878. The van der Waals surface area contributed by atoms with Crippen LogP contribution in [0.1, 0.15) is 6.42 Å². The SMILES string of the molecule is O=C(CCS)N1CCN(C(=O)COc2ccc(Cl)cc2Cl)CC1. The Labute approximate surface area is 150 Å². The second-order valence-corrected chi connectivity index (χ2v) is 6.39. The van der Waals surface area contributed by atoms with Crippen molar-refractivity contribution in [3.05, 3.63) is 28.2 Å². The number of hydrogen-bond donors (Lipinski definition) is 1. The van der Waals surface area contributed by atoms with Crippen LogP contribution in [0.3, 0.4) is 0 Å². The van der Waals surface area contributed by atoms with E-state index in [0.717, 1.165) is 0 Å². The number of ether oxygens (including phenoxy) is 1. The number of carbonyl (C=O) groups excluding carboxylic acids is 2. The fourth-order valence-corrected chi connectivity index (χ4v) is 2.94. The molecular formula is C15H18Cl2N2O3S. The van der Waals surface area contributed by atoms with Crippen molar-refractivity contribution in [1.82, 2.24) is 9.80 Å². The monoisotopic (exact) mass is 376 g/mol. The molecule has 0 aromatic heterocycles. The second-order valence-electron chi connectivity index (χ2n) is 5.10. The molecule has 0 bridgehead atoms. The van der Waals surface area contributed by atoms with Crippen LogP contribution in [-0.4, -0.2) is 60.2 Å². The molecule has 0 N–H and O–H groups in total. The van der Waals surface area contributed by atoms with Crippen molar-refractivity contribution < 1.29 is 14.3 Å². The van der Waals surface area contributed by atoms with Gasteiger partial charge in [0.2, 0.25) is 5.91 Å². The maximum atomic E-state index is 12.2. The highest BCUT2D eigenvalue weighted by Crippen LogP contribution is 2.27. The molecule has 0 unspecified atom stereocenters. The number of piperazine rings is 1. The second kappa shape index (κ2) is 8.66. The molecule has 0 radical (unpaired) electrons. The Morgan fingerprint density at radius 2 is 1.70 bits per heavy atom. The largest absolute Gasteiger partial charge is 0.482 e. The van der Waals surface area contributed by atoms with Crippen molar-refractivity contribution in [3.8, 4) is 5.75 Å². The molecule has 0 spiro atoms. The topological polar surface area (TPSA) is 49.9 Å². The lowest BCUT2D eigenvalue weighted by atomic mass is 10.3. The fourth-order valence-electron chi connectivity index (χ4n) is 2.28. The van der Waals surface area contributed by atoms with E-state index < -0.39 is 0 Å². The van der Waals surface area contributed by atoms with Gasteiger partial charge in [-0.25, -0.2) is 0 Å². The first kappa shape index (κ1) is 18.2. The number of halogens is 2. The van der Waals surface area contributed by atoms with Crippen LogP contribution >= 0.6 is 35.8 Å². The third kappa shape index (κ3) is 5.19. The summed E-state index contributed by atoms with van der Waals surface area (Å²) in [7, 11) is 0. The third-order valence-corrected chi connectivity index (χ3v) is 4.31. The molecule has 1 fully saturated rings. The van der Waals surface area contributed by atoms with Gasteiger partial charge in [-0.15, -0.1) is 0 Å². The summed E-state index contributed by atoms with van der Waals surface area (Å²) >= 11 is 15.9. The third-order valence-electron chi connectivity index (χ3n) is 3.56. The molecule has 8 heteroatoms. The summed E-state index contributed by atoms with van der Waals surface area (Å²) in [6.45, 7) is 2.01. The maximum absolute atomic E-state index is 12.2. The standard InChI is InChI=1S/C15H18Cl2N2O3S/c16-11-1-2-13(12(17)9-11)22-10-15(21)19-6-4-18(5-7-19)14(20)3-8-23/h1-2,9,23H,3-8,10H2. The van der Waals surface area contributed by atoms with Gasteiger partial charge in [-0.05, 0) is 24.0 Å². The molecule has 1 aliphatic heterocycles. The van der Waals surface area contributed by atoms with Crippen molar-refractivity contribution in [2.24, 2.45) is 0 Å². The Hall–Kier alpha value is -1.11. The number of benzene rings is 1. The average Bonchev–Trinajstić information content (AvgIpc) is 2.54. The van der Waals surface area contributed by atoms with Crippen LogP contribution in [0.15, 0.2) is 18.2 Å². The lowest BCUT2D eigenvalue weighted by molar-refractivity contribution is -0.140. The van der Waals surface area contributed by atoms with E-state index in [0.29, 0.717) is 54.1 Å².